The molecule has 0 saturated carbocycles. The van der Waals surface area contributed by atoms with Gasteiger partial charge in [-0.2, -0.15) is 0 Å². The smallest absolute Gasteiger partial charge is 0.225 e. The summed E-state index contributed by atoms with van der Waals surface area (Å²) in [5, 5.41) is 15.7. The van der Waals surface area contributed by atoms with Gasteiger partial charge in [0.15, 0.2) is 0 Å². The van der Waals surface area contributed by atoms with E-state index in [-0.39, 0.29) is 24.6 Å². The molecular formula is C19H24N2O3. The number of carbonyl (C=O) groups excluding carboxylic acids is 1. The Labute approximate surface area is 142 Å². The zero-order valence-corrected chi connectivity index (χ0v) is 14.0. The van der Waals surface area contributed by atoms with Crippen LogP contribution in [0.15, 0.2) is 54.6 Å². The second-order valence-corrected chi connectivity index (χ2v) is 5.69. The van der Waals surface area contributed by atoms with Crippen molar-refractivity contribution in [2.75, 3.05) is 19.0 Å². The Bertz CT molecular complexity index is 629. The molecule has 0 heterocycles. The van der Waals surface area contributed by atoms with Crippen molar-refractivity contribution in [2.45, 2.75) is 25.4 Å². The minimum Gasteiger partial charge on any atom is -0.497 e. The lowest BCUT2D eigenvalue weighted by Gasteiger charge is -2.22. The van der Waals surface area contributed by atoms with Crippen LogP contribution in [0.1, 0.15) is 24.9 Å². The minimum absolute atomic E-state index is 0.0194. The third-order valence-corrected chi connectivity index (χ3v) is 3.74. The fourth-order valence-electron chi connectivity index (χ4n) is 2.51. The number of methoxy groups -OCH3 is 1. The molecule has 0 radical (unpaired) electrons. The van der Waals surface area contributed by atoms with Gasteiger partial charge in [0.2, 0.25) is 5.91 Å². The molecule has 0 fully saturated rings. The number of anilines is 1. The summed E-state index contributed by atoms with van der Waals surface area (Å²) >= 11 is 0. The van der Waals surface area contributed by atoms with E-state index in [1.165, 1.54) is 0 Å². The van der Waals surface area contributed by atoms with E-state index in [4.69, 9.17) is 4.74 Å². The lowest BCUT2D eigenvalue weighted by atomic mass is 10.1. The van der Waals surface area contributed by atoms with E-state index >= 15 is 0 Å². The monoisotopic (exact) mass is 328 g/mol. The van der Waals surface area contributed by atoms with E-state index in [0.717, 1.165) is 17.0 Å². The van der Waals surface area contributed by atoms with Crippen LogP contribution < -0.4 is 15.4 Å². The third kappa shape index (κ3) is 5.37. The number of carbonyl (C=O) groups is 1. The Morgan fingerprint density at radius 1 is 1.12 bits per heavy atom. The molecule has 0 aliphatic carbocycles. The lowest BCUT2D eigenvalue weighted by Crippen LogP contribution is -2.35. The van der Waals surface area contributed by atoms with Gasteiger partial charge in [0, 0.05) is 18.2 Å². The number of aliphatic hydroxyl groups excluding tert-OH is 1. The van der Waals surface area contributed by atoms with Gasteiger partial charge < -0.3 is 20.5 Å². The summed E-state index contributed by atoms with van der Waals surface area (Å²) in [6.07, 6.45) is 0.315. The number of amides is 1. The normalized spacial score (nSPS) is 13.1. The van der Waals surface area contributed by atoms with Gasteiger partial charge in [-0.25, -0.2) is 0 Å². The molecule has 0 bridgehead atoms. The van der Waals surface area contributed by atoms with Crippen molar-refractivity contribution in [3.8, 4) is 5.75 Å². The minimum atomic E-state index is -0.185. The highest BCUT2D eigenvalue weighted by atomic mass is 16.5. The lowest BCUT2D eigenvalue weighted by molar-refractivity contribution is -0.116. The maximum absolute atomic E-state index is 12.1. The highest BCUT2D eigenvalue weighted by molar-refractivity contribution is 5.91. The molecule has 2 aromatic carbocycles. The van der Waals surface area contributed by atoms with Gasteiger partial charge in [0.25, 0.3) is 0 Å². The Hall–Kier alpha value is -2.37. The summed E-state index contributed by atoms with van der Waals surface area (Å²) in [7, 11) is 1.60. The predicted molar refractivity (Wildman–Crippen MR) is 95.1 cm³/mol. The van der Waals surface area contributed by atoms with Crippen LogP contribution in [-0.4, -0.2) is 30.8 Å². The molecule has 5 nitrogen and oxygen atoms in total. The number of nitrogens with one attached hydrogen (secondary N) is 2. The maximum atomic E-state index is 12.1. The largest absolute Gasteiger partial charge is 0.497 e. The molecule has 128 valence electrons. The van der Waals surface area contributed by atoms with Crippen molar-refractivity contribution in [1.82, 2.24) is 5.32 Å². The number of rotatable bonds is 8. The summed E-state index contributed by atoms with van der Waals surface area (Å²) in [6.45, 7) is 1.91. The Morgan fingerprint density at radius 2 is 1.79 bits per heavy atom. The van der Waals surface area contributed by atoms with Crippen LogP contribution in [0.25, 0.3) is 0 Å². The Kier molecular flexibility index (Phi) is 6.78. The number of hydrogen-bond donors (Lipinski definition) is 3. The molecule has 0 aromatic heterocycles. The van der Waals surface area contributed by atoms with Crippen LogP contribution in [0, 0.1) is 0 Å². The first-order valence-electron chi connectivity index (χ1n) is 7.98. The molecule has 2 rings (SSSR count). The summed E-state index contributed by atoms with van der Waals surface area (Å²) in [4.78, 5) is 12.1. The Morgan fingerprint density at radius 3 is 2.38 bits per heavy atom. The second kappa shape index (κ2) is 9.05. The van der Waals surface area contributed by atoms with Crippen molar-refractivity contribution in [2.24, 2.45) is 0 Å². The van der Waals surface area contributed by atoms with Crippen LogP contribution in [0.3, 0.4) is 0 Å². The molecule has 1 unspecified atom stereocenters. The molecule has 0 aliphatic heterocycles. The fraction of sp³-hybridized carbons (Fsp3) is 0.316. The van der Waals surface area contributed by atoms with E-state index < -0.39 is 0 Å². The summed E-state index contributed by atoms with van der Waals surface area (Å²) in [6, 6.07) is 16.7. The van der Waals surface area contributed by atoms with Crippen LogP contribution >= 0.6 is 0 Å². The van der Waals surface area contributed by atoms with Gasteiger partial charge in [-0.3, -0.25) is 4.79 Å². The first kappa shape index (κ1) is 18.0. The topological polar surface area (TPSA) is 70.6 Å². The van der Waals surface area contributed by atoms with Crippen molar-refractivity contribution in [3.05, 3.63) is 60.2 Å². The van der Waals surface area contributed by atoms with E-state index in [2.05, 4.69) is 10.6 Å². The van der Waals surface area contributed by atoms with E-state index in [9.17, 15) is 9.90 Å². The SMILES string of the molecule is COc1ccc(NC(=O)CC(C)N[C@H](CO)c2ccccc2)cc1. The first-order valence-corrected chi connectivity index (χ1v) is 7.98. The molecule has 2 atom stereocenters. The average Bonchev–Trinajstić information content (AvgIpc) is 2.61. The molecule has 1 amide bonds. The van der Waals surface area contributed by atoms with Crippen LogP contribution in [0.4, 0.5) is 5.69 Å². The maximum Gasteiger partial charge on any atom is 0.225 e. The van der Waals surface area contributed by atoms with Gasteiger partial charge >= 0.3 is 0 Å². The number of benzene rings is 2. The Balaban J connectivity index is 1.86. The molecule has 0 saturated heterocycles. The molecular weight excluding hydrogens is 304 g/mol. The third-order valence-electron chi connectivity index (χ3n) is 3.74. The summed E-state index contributed by atoms with van der Waals surface area (Å²) in [5.74, 6) is 0.668. The molecule has 5 heteroatoms. The van der Waals surface area contributed by atoms with Crippen molar-refractivity contribution < 1.29 is 14.6 Å². The molecule has 24 heavy (non-hydrogen) atoms. The quantitative estimate of drug-likeness (QED) is 0.697. The highest BCUT2D eigenvalue weighted by Gasteiger charge is 2.15. The number of aliphatic hydroxyl groups is 1. The van der Waals surface area contributed by atoms with Crippen LogP contribution in [0.2, 0.25) is 0 Å². The standard InChI is InChI=1S/C19H24N2O3/c1-14(20-18(13-22)15-6-4-3-5-7-15)12-19(23)21-16-8-10-17(24-2)11-9-16/h3-11,14,18,20,22H,12-13H2,1-2H3,(H,21,23)/t14?,18-/m1/s1. The van der Waals surface area contributed by atoms with Crippen LogP contribution in [-0.2, 0) is 4.79 Å². The van der Waals surface area contributed by atoms with E-state index in [1.807, 2.05) is 37.3 Å². The van der Waals surface area contributed by atoms with E-state index in [1.54, 1.807) is 31.4 Å². The number of ether oxygens (including phenoxy) is 1. The molecule has 3 N–H and O–H groups in total. The fourth-order valence-corrected chi connectivity index (χ4v) is 2.51. The molecule has 0 aliphatic rings. The highest BCUT2D eigenvalue weighted by Crippen LogP contribution is 2.16. The van der Waals surface area contributed by atoms with Gasteiger partial charge in [-0.05, 0) is 36.8 Å². The van der Waals surface area contributed by atoms with Gasteiger partial charge in [-0.1, -0.05) is 30.3 Å². The molecule has 0 spiro atoms. The predicted octanol–water partition coefficient (Wildman–Crippen LogP) is 2.74. The summed E-state index contributed by atoms with van der Waals surface area (Å²) < 4.78 is 5.09. The average molecular weight is 328 g/mol. The van der Waals surface area contributed by atoms with Gasteiger partial charge in [-0.15, -0.1) is 0 Å². The van der Waals surface area contributed by atoms with Gasteiger partial charge in [0.1, 0.15) is 5.75 Å². The van der Waals surface area contributed by atoms with Crippen molar-refractivity contribution >= 4 is 11.6 Å². The van der Waals surface area contributed by atoms with Crippen molar-refractivity contribution in [1.29, 1.82) is 0 Å². The van der Waals surface area contributed by atoms with Crippen LogP contribution in [0.5, 0.6) is 5.75 Å². The molecule has 2 aromatic rings. The zero-order valence-electron chi connectivity index (χ0n) is 14.0. The first-order chi connectivity index (χ1) is 11.6. The number of hydrogen-bond acceptors (Lipinski definition) is 4. The second-order valence-electron chi connectivity index (χ2n) is 5.69. The zero-order chi connectivity index (χ0) is 17.4. The van der Waals surface area contributed by atoms with Gasteiger partial charge in [0.05, 0.1) is 19.8 Å². The van der Waals surface area contributed by atoms with E-state index in [0.29, 0.717) is 6.42 Å². The van der Waals surface area contributed by atoms with Crippen molar-refractivity contribution in [3.63, 3.8) is 0 Å². The summed E-state index contributed by atoms with van der Waals surface area (Å²) in [5.41, 5.74) is 1.73.